The molecule has 4 aromatic rings. The van der Waals surface area contributed by atoms with E-state index in [-0.39, 0.29) is 16.9 Å². The molecule has 3 aromatic carbocycles. The first-order valence-corrected chi connectivity index (χ1v) is 9.55. The second kappa shape index (κ2) is 7.44. The average molecular weight is 406 g/mol. The van der Waals surface area contributed by atoms with Crippen LogP contribution in [0.3, 0.4) is 0 Å². The van der Waals surface area contributed by atoms with Crippen molar-refractivity contribution in [2.24, 2.45) is 0 Å². The van der Waals surface area contributed by atoms with E-state index in [0.717, 1.165) is 15.8 Å². The van der Waals surface area contributed by atoms with Gasteiger partial charge < -0.3 is 5.11 Å². The molecule has 4 rings (SSSR count). The van der Waals surface area contributed by atoms with Crippen LogP contribution < -0.4 is 5.32 Å². The first-order chi connectivity index (χ1) is 13.9. The van der Waals surface area contributed by atoms with Gasteiger partial charge in [0.25, 0.3) is 5.91 Å². The first kappa shape index (κ1) is 18.8. The Morgan fingerprint density at radius 2 is 1.76 bits per heavy atom. The molecule has 2 N–H and O–H groups in total. The van der Waals surface area contributed by atoms with E-state index in [1.807, 2.05) is 13.0 Å². The maximum absolute atomic E-state index is 13.2. The Balaban J connectivity index is 1.69. The molecular formula is C22H15FN2O3S. The molecule has 1 amide bonds. The van der Waals surface area contributed by atoms with Gasteiger partial charge in [-0.05, 0) is 48.0 Å². The van der Waals surface area contributed by atoms with Crippen LogP contribution in [0.25, 0.3) is 22.0 Å². The molecule has 0 aliphatic carbocycles. The Morgan fingerprint density at radius 3 is 2.48 bits per heavy atom. The molecule has 0 aliphatic heterocycles. The molecule has 1 heterocycles. The lowest BCUT2D eigenvalue weighted by Crippen LogP contribution is -2.16. The summed E-state index contributed by atoms with van der Waals surface area (Å²) < 4.78 is 13.2. The van der Waals surface area contributed by atoms with Gasteiger partial charge in [-0.2, -0.15) is 0 Å². The molecule has 0 saturated heterocycles. The smallest absolute Gasteiger partial charge is 0.337 e. The lowest BCUT2D eigenvalue weighted by Gasteiger charge is -2.09. The number of benzene rings is 3. The van der Waals surface area contributed by atoms with Gasteiger partial charge in [-0.15, -0.1) is 11.3 Å². The van der Waals surface area contributed by atoms with Crippen LogP contribution in [-0.4, -0.2) is 22.0 Å². The highest BCUT2D eigenvalue weighted by molar-refractivity contribution is 7.16. The molecule has 0 fully saturated rings. The number of carboxylic acid groups (broad SMARTS) is 1. The lowest BCUT2D eigenvalue weighted by molar-refractivity contribution is 0.0694. The van der Waals surface area contributed by atoms with E-state index in [2.05, 4.69) is 10.3 Å². The molecule has 0 bridgehead atoms. The van der Waals surface area contributed by atoms with Crippen molar-refractivity contribution in [3.63, 3.8) is 0 Å². The molecule has 0 spiro atoms. The number of hydrogen-bond acceptors (Lipinski definition) is 4. The highest BCUT2D eigenvalue weighted by Gasteiger charge is 2.21. The quantitative estimate of drug-likeness (QED) is 0.478. The van der Waals surface area contributed by atoms with Crippen LogP contribution in [-0.2, 0) is 0 Å². The highest BCUT2D eigenvalue weighted by atomic mass is 32.1. The van der Waals surface area contributed by atoms with Crippen LogP contribution in [0.1, 0.15) is 25.6 Å². The van der Waals surface area contributed by atoms with Crippen molar-refractivity contribution in [2.75, 3.05) is 5.32 Å². The number of rotatable bonds is 4. The summed E-state index contributed by atoms with van der Waals surface area (Å²) in [6, 6.07) is 16.2. The molecule has 0 unspecified atom stereocenters. The summed E-state index contributed by atoms with van der Waals surface area (Å²) in [5, 5.41) is 13.9. The van der Waals surface area contributed by atoms with Crippen molar-refractivity contribution < 1.29 is 19.1 Å². The number of thiazole rings is 1. The fourth-order valence-electron chi connectivity index (χ4n) is 3.18. The lowest BCUT2D eigenvalue weighted by atomic mass is 9.98. The van der Waals surface area contributed by atoms with E-state index in [1.54, 1.807) is 36.4 Å². The van der Waals surface area contributed by atoms with Crippen LogP contribution in [0.2, 0.25) is 0 Å². The van der Waals surface area contributed by atoms with Gasteiger partial charge in [0.1, 0.15) is 5.82 Å². The Morgan fingerprint density at radius 1 is 1.03 bits per heavy atom. The fourth-order valence-corrected chi connectivity index (χ4v) is 4.01. The van der Waals surface area contributed by atoms with E-state index in [1.165, 1.54) is 29.5 Å². The molecule has 1 aromatic heterocycles. The van der Waals surface area contributed by atoms with Crippen molar-refractivity contribution in [1.82, 2.24) is 4.98 Å². The molecule has 7 heteroatoms. The van der Waals surface area contributed by atoms with Gasteiger partial charge in [0, 0.05) is 10.4 Å². The molecule has 0 radical (unpaired) electrons. The first-order valence-electron chi connectivity index (χ1n) is 8.74. The topological polar surface area (TPSA) is 79.3 Å². The van der Waals surface area contributed by atoms with E-state index >= 15 is 0 Å². The van der Waals surface area contributed by atoms with Gasteiger partial charge in [-0.3, -0.25) is 10.1 Å². The summed E-state index contributed by atoms with van der Waals surface area (Å²) in [5.74, 6) is -2.06. The molecule has 144 valence electrons. The SMILES string of the molecule is Cc1sc(NC(=O)c2ccc3ccccc3c2C(=O)O)nc1-c1ccc(F)cc1. The zero-order valence-corrected chi connectivity index (χ0v) is 16.1. The second-order valence-corrected chi connectivity index (χ2v) is 7.60. The van der Waals surface area contributed by atoms with Crippen molar-refractivity contribution in [1.29, 1.82) is 0 Å². The van der Waals surface area contributed by atoms with E-state index in [0.29, 0.717) is 16.2 Å². The fraction of sp³-hybridized carbons (Fsp3) is 0.0455. The van der Waals surface area contributed by atoms with Crippen molar-refractivity contribution in [3.8, 4) is 11.3 Å². The zero-order valence-electron chi connectivity index (χ0n) is 15.3. The number of carbonyl (C=O) groups excluding carboxylic acids is 1. The van der Waals surface area contributed by atoms with Crippen molar-refractivity contribution in [3.05, 3.63) is 82.5 Å². The summed E-state index contributed by atoms with van der Waals surface area (Å²) in [7, 11) is 0. The number of hydrogen-bond donors (Lipinski definition) is 2. The van der Waals surface area contributed by atoms with Crippen LogP contribution in [0.15, 0.2) is 60.7 Å². The van der Waals surface area contributed by atoms with Crippen molar-refractivity contribution >= 4 is 39.1 Å². The van der Waals surface area contributed by atoms with Crippen LogP contribution in [0, 0.1) is 12.7 Å². The Hall–Kier alpha value is -3.58. The summed E-state index contributed by atoms with van der Waals surface area (Å²) in [6.07, 6.45) is 0. The average Bonchev–Trinajstić information content (AvgIpc) is 3.07. The van der Waals surface area contributed by atoms with Crippen LogP contribution in [0.4, 0.5) is 9.52 Å². The summed E-state index contributed by atoms with van der Waals surface area (Å²) in [5.41, 5.74) is 1.39. The molecule has 0 atom stereocenters. The molecular weight excluding hydrogens is 391 g/mol. The summed E-state index contributed by atoms with van der Waals surface area (Å²) in [4.78, 5) is 29.9. The van der Waals surface area contributed by atoms with E-state index in [4.69, 9.17) is 0 Å². The molecule has 0 saturated carbocycles. The van der Waals surface area contributed by atoms with Gasteiger partial charge in [0.05, 0.1) is 16.8 Å². The van der Waals surface area contributed by atoms with Crippen LogP contribution in [0.5, 0.6) is 0 Å². The number of nitrogens with one attached hydrogen (secondary N) is 1. The normalized spacial score (nSPS) is 10.8. The predicted molar refractivity (Wildman–Crippen MR) is 111 cm³/mol. The van der Waals surface area contributed by atoms with Crippen molar-refractivity contribution in [2.45, 2.75) is 6.92 Å². The number of aromatic nitrogens is 1. The third-order valence-electron chi connectivity index (χ3n) is 4.52. The summed E-state index contributed by atoms with van der Waals surface area (Å²) >= 11 is 1.27. The third kappa shape index (κ3) is 3.60. The zero-order chi connectivity index (χ0) is 20.5. The molecule has 29 heavy (non-hydrogen) atoms. The third-order valence-corrected chi connectivity index (χ3v) is 5.41. The number of aromatic carboxylic acids is 1. The van der Waals surface area contributed by atoms with Gasteiger partial charge >= 0.3 is 5.97 Å². The largest absolute Gasteiger partial charge is 0.478 e. The second-order valence-electron chi connectivity index (χ2n) is 6.40. The Kier molecular flexibility index (Phi) is 4.82. The number of anilines is 1. The highest BCUT2D eigenvalue weighted by Crippen LogP contribution is 2.31. The molecule has 5 nitrogen and oxygen atoms in total. The number of carbonyl (C=O) groups is 2. The monoisotopic (exact) mass is 406 g/mol. The Labute approximate surface area is 169 Å². The summed E-state index contributed by atoms with van der Waals surface area (Å²) in [6.45, 7) is 1.85. The van der Waals surface area contributed by atoms with Gasteiger partial charge in [-0.25, -0.2) is 14.2 Å². The minimum Gasteiger partial charge on any atom is -0.478 e. The number of carboxylic acids is 1. The van der Waals surface area contributed by atoms with Gasteiger partial charge in [-0.1, -0.05) is 30.3 Å². The Bertz CT molecular complexity index is 1250. The number of halogens is 1. The maximum Gasteiger partial charge on any atom is 0.337 e. The minimum atomic E-state index is -1.17. The van der Waals surface area contributed by atoms with E-state index in [9.17, 15) is 19.1 Å². The van der Waals surface area contributed by atoms with Gasteiger partial charge in [0.2, 0.25) is 0 Å². The number of nitrogens with zero attached hydrogens (tertiary/aromatic N) is 1. The van der Waals surface area contributed by atoms with E-state index < -0.39 is 11.9 Å². The number of aryl methyl sites for hydroxylation is 1. The van der Waals surface area contributed by atoms with Gasteiger partial charge in [0.15, 0.2) is 5.13 Å². The number of amides is 1. The minimum absolute atomic E-state index is 0.0485. The molecule has 0 aliphatic rings. The predicted octanol–water partition coefficient (Wildman–Crippen LogP) is 5.36. The maximum atomic E-state index is 13.2. The standard InChI is InChI=1S/C22H15FN2O3S/c1-12-19(14-6-9-15(23)10-7-14)24-22(29-12)25-20(26)17-11-8-13-4-2-3-5-16(13)18(17)21(27)28/h2-11H,1H3,(H,27,28)(H,24,25,26). The van der Waals surface area contributed by atoms with Crippen LogP contribution >= 0.6 is 11.3 Å². The number of fused-ring (bicyclic) bond motifs is 1.